The number of hydrogen-bond donors (Lipinski definition) is 1. The number of hydrogen-bond acceptors (Lipinski definition) is 2. The number of aryl methyl sites for hydroxylation is 1. The first-order chi connectivity index (χ1) is 6.69. The van der Waals surface area contributed by atoms with E-state index in [-0.39, 0.29) is 0 Å². The van der Waals surface area contributed by atoms with Crippen molar-refractivity contribution >= 4 is 27.7 Å². The number of rotatable bonds is 4. The number of benzene rings is 1. The normalized spacial score (nSPS) is 12.9. The number of halogens is 1. The molecule has 0 spiro atoms. The molecule has 14 heavy (non-hydrogen) atoms. The molecule has 1 aromatic carbocycles. The molecule has 0 amide bonds. The number of alkyl halides is 1. The molecular weight excluding hydrogens is 260 g/mol. The summed E-state index contributed by atoms with van der Waals surface area (Å²) in [5.41, 5.74) is 2.23. The van der Waals surface area contributed by atoms with Gasteiger partial charge in [-0.25, -0.2) is 0 Å². The van der Waals surface area contributed by atoms with Gasteiger partial charge in [-0.15, -0.1) is 11.8 Å². The van der Waals surface area contributed by atoms with Crippen molar-refractivity contribution in [2.75, 3.05) is 11.1 Å². The molecule has 0 radical (unpaired) electrons. The van der Waals surface area contributed by atoms with Crippen LogP contribution in [0.15, 0.2) is 23.1 Å². The van der Waals surface area contributed by atoms with Gasteiger partial charge in [0.1, 0.15) is 0 Å². The van der Waals surface area contributed by atoms with Crippen LogP contribution >= 0.6 is 27.7 Å². The molecular formula is C11H15BrOS. The first-order valence-corrected chi connectivity index (χ1v) is 6.77. The first-order valence-electron chi connectivity index (χ1n) is 4.66. The fraction of sp³-hybridized carbons (Fsp3) is 0.455. The predicted molar refractivity (Wildman–Crippen MR) is 66.3 cm³/mol. The summed E-state index contributed by atoms with van der Waals surface area (Å²) in [5.74, 6) is 1.08. The van der Waals surface area contributed by atoms with Gasteiger partial charge >= 0.3 is 0 Å². The van der Waals surface area contributed by atoms with Gasteiger partial charge < -0.3 is 5.11 Å². The molecule has 1 rings (SSSR count). The van der Waals surface area contributed by atoms with Crippen LogP contribution in [0.25, 0.3) is 0 Å². The molecule has 0 aliphatic rings. The van der Waals surface area contributed by atoms with E-state index >= 15 is 0 Å². The van der Waals surface area contributed by atoms with Crippen molar-refractivity contribution < 1.29 is 5.11 Å². The zero-order chi connectivity index (χ0) is 10.6. The fourth-order valence-corrected chi connectivity index (χ4v) is 2.42. The summed E-state index contributed by atoms with van der Waals surface area (Å²) in [7, 11) is 0. The smallest absolute Gasteiger partial charge is 0.0886 e. The lowest BCUT2D eigenvalue weighted by Gasteiger charge is -2.10. The van der Waals surface area contributed by atoms with E-state index in [0.717, 1.165) is 11.3 Å². The highest BCUT2D eigenvalue weighted by molar-refractivity contribution is 9.09. The van der Waals surface area contributed by atoms with Crippen molar-refractivity contribution in [3.05, 3.63) is 29.3 Å². The molecule has 0 aliphatic carbocycles. The third kappa shape index (κ3) is 3.01. The van der Waals surface area contributed by atoms with Crippen LogP contribution in [0.1, 0.15) is 24.2 Å². The second-order valence-corrected chi connectivity index (χ2v) is 5.08. The van der Waals surface area contributed by atoms with E-state index < -0.39 is 6.10 Å². The van der Waals surface area contributed by atoms with E-state index in [2.05, 4.69) is 41.9 Å². The molecule has 0 aromatic heterocycles. The van der Waals surface area contributed by atoms with Gasteiger partial charge in [-0.1, -0.05) is 35.0 Å². The van der Waals surface area contributed by atoms with Gasteiger partial charge in [0.2, 0.25) is 0 Å². The van der Waals surface area contributed by atoms with Crippen LogP contribution in [0.5, 0.6) is 0 Å². The quantitative estimate of drug-likeness (QED) is 0.670. The second-order valence-electron chi connectivity index (χ2n) is 3.13. The molecule has 3 heteroatoms. The summed E-state index contributed by atoms with van der Waals surface area (Å²) in [6.07, 6.45) is -0.394. The van der Waals surface area contributed by atoms with Crippen LogP contribution < -0.4 is 0 Å². The molecule has 0 saturated carbocycles. The van der Waals surface area contributed by atoms with Crippen molar-refractivity contribution in [1.29, 1.82) is 0 Å². The summed E-state index contributed by atoms with van der Waals surface area (Å²) in [6.45, 7) is 4.23. The van der Waals surface area contributed by atoms with E-state index in [0.29, 0.717) is 5.33 Å². The molecule has 1 aromatic rings. The summed E-state index contributed by atoms with van der Waals surface area (Å²) < 4.78 is 0. The standard InChI is InChI=1S/C11H15BrOS/c1-3-14-11-5-4-9(6-8(11)2)10(13)7-12/h4-6,10,13H,3,7H2,1-2H3. The Balaban J connectivity index is 2.88. The van der Waals surface area contributed by atoms with Crippen LogP contribution in [0, 0.1) is 6.92 Å². The molecule has 1 atom stereocenters. The monoisotopic (exact) mass is 274 g/mol. The zero-order valence-corrected chi connectivity index (χ0v) is 10.9. The van der Waals surface area contributed by atoms with Crippen molar-refractivity contribution in [1.82, 2.24) is 0 Å². The van der Waals surface area contributed by atoms with E-state index in [9.17, 15) is 5.11 Å². The van der Waals surface area contributed by atoms with Gasteiger partial charge in [0, 0.05) is 10.2 Å². The lowest BCUT2D eigenvalue weighted by Crippen LogP contribution is -1.98. The summed E-state index contributed by atoms with van der Waals surface area (Å²) in [6, 6.07) is 6.14. The zero-order valence-electron chi connectivity index (χ0n) is 8.46. The maximum Gasteiger partial charge on any atom is 0.0886 e. The maximum absolute atomic E-state index is 9.62. The molecule has 1 nitrogen and oxygen atoms in total. The third-order valence-corrected chi connectivity index (χ3v) is 3.70. The first kappa shape index (κ1) is 12.1. The molecule has 0 fully saturated rings. The van der Waals surface area contributed by atoms with Gasteiger partial charge in [-0.05, 0) is 29.9 Å². The Labute approximate surface area is 98.0 Å². The molecule has 0 saturated heterocycles. The van der Waals surface area contributed by atoms with Crippen LogP contribution in [-0.4, -0.2) is 16.2 Å². The van der Waals surface area contributed by atoms with Crippen LogP contribution in [0.4, 0.5) is 0 Å². The Hall–Kier alpha value is 0.01000. The number of aliphatic hydroxyl groups excluding tert-OH is 1. The Kier molecular flexibility index (Phi) is 4.99. The SMILES string of the molecule is CCSc1ccc(C(O)CBr)cc1C. The minimum atomic E-state index is -0.394. The van der Waals surface area contributed by atoms with Crippen molar-refractivity contribution in [3.63, 3.8) is 0 Å². The van der Waals surface area contributed by atoms with Gasteiger partial charge in [0.15, 0.2) is 0 Å². The average molecular weight is 275 g/mol. The summed E-state index contributed by atoms with van der Waals surface area (Å²) >= 11 is 5.11. The minimum absolute atomic E-state index is 0.394. The summed E-state index contributed by atoms with van der Waals surface area (Å²) in [5, 5.41) is 10.2. The molecule has 0 bridgehead atoms. The summed E-state index contributed by atoms with van der Waals surface area (Å²) in [4.78, 5) is 1.30. The molecule has 0 heterocycles. The Morgan fingerprint density at radius 2 is 2.21 bits per heavy atom. The average Bonchev–Trinajstić information content (AvgIpc) is 2.20. The lowest BCUT2D eigenvalue weighted by molar-refractivity contribution is 0.205. The van der Waals surface area contributed by atoms with Gasteiger partial charge in [0.05, 0.1) is 6.10 Å². The van der Waals surface area contributed by atoms with Crippen LogP contribution in [0.2, 0.25) is 0 Å². The lowest BCUT2D eigenvalue weighted by atomic mass is 10.1. The van der Waals surface area contributed by atoms with E-state index in [1.807, 2.05) is 17.8 Å². The Bertz CT molecular complexity index is 301. The minimum Gasteiger partial charge on any atom is -0.388 e. The Morgan fingerprint density at radius 3 is 2.71 bits per heavy atom. The van der Waals surface area contributed by atoms with Gasteiger partial charge in [0.25, 0.3) is 0 Å². The van der Waals surface area contributed by atoms with E-state index in [1.54, 1.807) is 0 Å². The third-order valence-electron chi connectivity index (χ3n) is 2.03. The topological polar surface area (TPSA) is 20.2 Å². The highest BCUT2D eigenvalue weighted by atomic mass is 79.9. The highest BCUT2D eigenvalue weighted by Crippen LogP contribution is 2.25. The Morgan fingerprint density at radius 1 is 1.50 bits per heavy atom. The van der Waals surface area contributed by atoms with Crippen LogP contribution in [-0.2, 0) is 0 Å². The van der Waals surface area contributed by atoms with Gasteiger partial charge in [-0.2, -0.15) is 0 Å². The molecule has 1 N–H and O–H groups in total. The van der Waals surface area contributed by atoms with Crippen molar-refractivity contribution in [2.45, 2.75) is 24.8 Å². The van der Waals surface area contributed by atoms with E-state index in [4.69, 9.17) is 0 Å². The largest absolute Gasteiger partial charge is 0.388 e. The van der Waals surface area contributed by atoms with E-state index in [1.165, 1.54) is 10.5 Å². The molecule has 78 valence electrons. The van der Waals surface area contributed by atoms with Crippen molar-refractivity contribution in [3.8, 4) is 0 Å². The number of thioether (sulfide) groups is 1. The second kappa shape index (κ2) is 5.79. The number of aliphatic hydroxyl groups is 1. The molecule has 0 aliphatic heterocycles. The molecule has 1 unspecified atom stereocenters. The predicted octanol–water partition coefficient (Wildman–Crippen LogP) is 3.54. The van der Waals surface area contributed by atoms with Crippen LogP contribution in [0.3, 0.4) is 0 Å². The van der Waals surface area contributed by atoms with Crippen molar-refractivity contribution in [2.24, 2.45) is 0 Å². The fourth-order valence-electron chi connectivity index (χ4n) is 1.29. The maximum atomic E-state index is 9.62. The van der Waals surface area contributed by atoms with Gasteiger partial charge in [-0.3, -0.25) is 0 Å². The highest BCUT2D eigenvalue weighted by Gasteiger charge is 2.07.